The molecule has 1 heterocycles. The van der Waals surface area contributed by atoms with E-state index in [9.17, 15) is 19.5 Å². The fraction of sp³-hybridized carbons (Fsp3) is 0.921. The van der Waals surface area contributed by atoms with Crippen molar-refractivity contribution in [1.82, 2.24) is 10.6 Å². The van der Waals surface area contributed by atoms with E-state index < -0.39 is 29.2 Å². The van der Waals surface area contributed by atoms with Gasteiger partial charge in [-0.3, -0.25) is 14.4 Å². The molecule has 2 aliphatic carbocycles. The second kappa shape index (κ2) is 18.8. The summed E-state index contributed by atoms with van der Waals surface area (Å²) in [6, 6.07) is -0.182. The van der Waals surface area contributed by atoms with Crippen LogP contribution in [0.2, 0.25) is 0 Å². The summed E-state index contributed by atoms with van der Waals surface area (Å²) < 4.78 is 11.7. The minimum absolute atomic E-state index is 0.0204. The standard InChI is InChI=1S/C38H68N2O6/c1-6-7-8-9-10-11-12-13-14-15-16-17-20-24-38(25-21-26-38)35(44)40-31-23-19-18-22-29(31)30(34(42)43)27-39-33(41)32-36(2,3)28-45-37(4,5)46-32/h29-32H,6-28H2,1-5H3,(H,39,41)(H,40,44)(H,42,43). The Balaban J connectivity index is 1.44. The van der Waals surface area contributed by atoms with Crippen LogP contribution in [-0.4, -0.2) is 54.0 Å². The van der Waals surface area contributed by atoms with Crippen molar-refractivity contribution in [2.24, 2.45) is 22.7 Å². The molecule has 1 aliphatic heterocycles. The van der Waals surface area contributed by atoms with E-state index in [4.69, 9.17) is 9.47 Å². The number of carbonyl (C=O) groups excluding carboxylic acids is 2. The van der Waals surface area contributed by atoms with Gasteiger partial charge in [0.05, 0.1) is 12.5 Å². The predicted molar refractivity (Wildman–Crippen MR) is 183 cm³/mol. The smallest absolute Gasteiger partial charge is 0.308 e. The zero-order chi connectivity index (χ0) is 33.6. The highest BCUT2D eigenvalue weighted by Crippen LogP contribution is 2.46. The average Bonchev–Trinajstić information content (AvgIpc) is 2.98. The molecule has 0 aromatic rings. The van der Waals surface area contributed by atoms with Crippen LogP contribution >= 0.6 is 0 Å². The van der Waals surface area contributed by atoms with Crippen molar-refractivity contribution in [3.05, 3.63) is 0 Å². The molecule has 4 atom stereocenters. The third-order valence-electron chi connectivity index (χ3n) is 11.2. The zero-order valence-corrected chi connectivity index (χ0v) is 30.1. The van der Waals surface area contributed by atoms with Gasteiger partial charge in [0, 0.05) is 23.4 Å². The molecule has 0 radical (unpaired) electrons. The first-order valence-electron chi connectivity index (χ1n) is 19.0. The molecule has 2 amide bonds. The second-order valence-corrected chi connectivity index (χ2v) is 16.0. The highest BCUT2D eigenvalue weighted by Gasteiger charge is 2.48. The third kappa shape index (κ3) is 11.8. The lowest BCUT2D eigenvalue weighted by Crippen LogP contribution is -2.58. The molecular weight excluding hydrogens is 580 g/mol. The molecule has 46 heavy (non-hydrogen) atoms. The number of nitrogens with one attached hydrogen (secondary N) is 2. The number of hydrogen-bond acceptors (Lipinski definition) is 5. The SMILES string of the molecule is CCCCCCCCCCCCCCCC1(C(=O)NC2CCCCC2C(CNC(=O)C2OC(C)(C)OCC2(C)C)C(=O)O)CCC1. The van der Waals surface area contributed by atoms with Crippen molar-refractivity contribution in [2.45, 2.75) is 187 Å². The maximum atomic E-state index is 13.8. The number of carboxylic acids is 1. The molecule has 2 saturated carbocycles. The van der Waals surface area contributed by atoms with E-state index in [1.54, 1.807) is 13.8 Å². The molecule has 3 rings (SSSR count). The van der Waals surface area contributed by atoms with E-state index in [0.29, 0.717) is 6.61 Å². The molecule has 3 fully saturated rings. The van der Waals surface area contributed by atoms with Gasteiger partial charge in [0.1, 0.15) is 6.10 Å². The Morgan fingerprint density at radius 1 is 0.804 bits per heavy atom. The van der Waals surface area contributed by atoms with Crippen LogP contribution < -0.4 is 10.6 Å². The van der Waals surface area contributed by atoms with E-state index in [1.165, 1.54) is 77.0 Å². The Kier molecular flexibility index (Phi) is 15.8. The molecule has 0 spiro atoms. The van der Waals surface area contributed by atoms with Crippen LogP contribution in [0.1, 0.15) is 169 Å². The number of unbranched alkanes of at least 4 members (excludes halogenated alkanes) is 12. The molecule has 0 aromatic heterocycles. The zero-order valence-electron chi connectivity index (χ0n) is 30.1. The minimum Gasteiger partial charge on any atom is -0.481 e. The second-order valence-electron chi connectivity index (χ2n) is 16.0. The summed E-state index contributed by atoms with van der Waals surface area (Å²) in [5, 5.41) is 16.5. The molecule has 1 saturated heterocycles. The summed E-state index contributed by atoms with van der Waals surface area (Å²) in [7, 11) is 0. The summed E-state index contributed by atoms with van der Waals surface area (Å²) in [5.41, 5.74) is -0.824. The summed E-state index contributed by atoms with van der Waals surface area (Å²) >= 11 is 0. The highest BCUT2D eigenvalue weighted by molar-refractivity contribution is 5.84. The van der Waals surface area contributed by atoms with Crippen molar-refractivity contribution < 1.29 is 29.0 Å². The number of carbonyl (C=O) groups is 3. The summed E-state index contributed by atoms with van der Waals surface area (Å²) in [6.07, 6.45) is 23.7. The quantitative estimate of drug-likeness (QED) is 0.108. The van der Waals surface area contributed by atoms with E-state index in [-0.39, 0.29) is 35.7 Å². The summed E-state index contributed by atoms with van der Waals surface area (Å²) in [5.74, 6) is -2.98. The number of ether oxygens (including phenoxy) is 2. The first-order chi connectivity index (χ1) is 21.9. The monoisotopic (exact) mass is 649 g/mol. The van der Waals surface area contributed by atoms with E-state index in [2.05, 4.69) is 17.6 Å². The molecule has 0 aromatic carbocycles. The van der Waals surface area contributed by atoms with Crippen LogP contribution in [0.3, 0.4) is 0 Å². The number of hydrogen-bond donors (Lipinski definition) is 3. The third-order valence-corrected chi connectivity index (χ3v) is 11.2. The molecular formula is C38H68N2O6. The summed E-state index contributed by atoms with van der Waals surface area (Å²) in [4.78, 5) is 39.6. The average molecular weight is 649 g/mol. The van der Waals surface area contributed by atoms with Crippen molar-refractivity contribution >= 4 is 17.8 Å². The van der Waals surface area contributed by atoms with Crippen LogP contribution in [0.5, 0.6) is 0 Å². The molecule has 266 valence electrons. The molecule has 4 unspecified atom stereocenters. The number of aliphatic carboxylic acids is 1. The van der Waals surface area contributed by atoms with Crippen LogP contribution in [0.25, 0.3) is 0 Å². The maximum Gasteiger partial charge on any atom is 0.308 e. The highest BCUT2D eigenvalue weighted by atomic mass is 16.7. The van der Waals surface area contributed by atoms with Crippen molar-refractivity contribution in [3.8, 4) is 0 Å². The van der Waals surface area contributed by atoms with Crippen LogP contribution in [0.4, 0.5) is 0 Å². The lowest BCUT2D eigenvalue weighted by Gasteiger charge is -2.45. The Hall–Kier alpha value is -1.67. The van der Waals surface area contributed by atoms with Crippen molar-refractivity contribution in [1.29, 1.82) is 0 Å². The number of amides is 2. The molecule has 3 N–H and O–H groups in total. The molecule has 8 heteroatoms. The molecule has 8 nitrogen and oxygen atoms in total. The van der Waals surface area contributed by atoms with E-state index >= 15 is 0 Å². The normalized spacial score (nSPS) is 25.6. The van der Waals surface area contributed by atoms with Gasteiger partial charge in [-0.15, -0.1) is 0 Å². The van der Waals surface area contributed by atoms with Gasteiger partial charge in [-0.25, -0.2) is 0 Å². The van der Waals surface area contributed by atoms with Gasteiger partial charge in [-0.2, -0.15) is 0 Å². The van der Waals surface area contributed by atoms with Gasteiger partial charge in [0.15, 0.2) is 5.79 Å². The lowest BCUT2D eigenvalue weighted by atomic mass is 9.64. The van der Waals surface area contributed by atoms with Gasteiger partial charge in [0.25, 0.3) is 0 Å². The van der Waals surface area contributed by atoms with E-state index in [1.807, 2.05) is 13.8 Å². The van der Waals surface area contributed by atoms with Gasteiger partial charge in [0.2, 0.25) is 11.8 Å². The first kappa shape index (κ1) is 38.8. The van der Waals surface area contributed by atoms with Gasteiger partial charge in [-0.1, -0.05) is 124 Å². The van der Waals surface area contributed by atoms with Gasteiger partial charge >= 0.3 is 5.97 Å². The van der Waals surface area contributed by atoms with Crippen LogP contribution in [-0.2, 0) is 23.9 Å². The van der Waals surface area contributed by atoms with Crippen LogP contribution in [0, 0.1) is 22.7 Å². The molecule has 3 aliphatic rings. The molecule has 0 bridgehead atoms. The first-order valence-corrected chi connectivity index (χ1v) is 19.0. The number of rotatable bonds is 21. The Labute approximate surface area is 280 Å². The minimum atomic E-state index is -0.927. The number of carboxylic acid groups (broad SMARTS) is 1. The van der Waals surface area contributed by atoms with Gasteiger partial charge < -0.3 is 25.2 Å². The van der Waals surface area contributed by atoms with Crippen molar-refractivity contribution in [3.63, 3.8) is 0 Å². The largest absolute Gasteiger partial charge is 0.481 e. The fourth-order valence-electron chi connectivity index (χ4n) is 7.86. The van der Waals surface area contributed by atoms with Crippen molar-refractivity contribution in [2.75, 3.05) is 13.2 Å². The Morgan fingerprint density at radius 2 is 1.37 bits per heavy atom. The fourth-order valence-corrected chi connectivity index (χ4v) is 7.86. The summed E-state index contributed by atoms with van der Waals surface area (Å²) in [6.45, 7) is 10.1. The maximum absolute atomic E-state index is 13.8. The van der Waals surface area contributed by atoms with Gasteiger partial charge in [-0.05, 0) is 51.9 Å². The Morgan fingerprint density at radius 3 is 1.91 bits per heavy atom. The lowest BCUT2D eigenvalue weighted by molar-refractivity contribution is -0.304. The van der Waals surface area contributed by atoms with Crippen LogP contribution in [0.15, 0.2) is 0 Å². The topological polar surface area (TPSA) is 114 Å². The predicted octanol–water partition coefficient (Wildman–Crippen LogP) is 8.31. The Bertz CT molecular complexity index is 945. The van der Waals surface area contributed by atoms with E-state index in [0.717, 1.165) is 57.8 Å².